The van der Waals surface area contributed by atoms with Gasteiger partial charge in [0.15, 0.2) is 5.78 Å². The monoisotopic (exact) mass is 377 g/mol. The predicted octanol–water partition coefficient (Wildman–Crippen LogP) is 6.64. The van der Waals surface area contributed by atoms with Gasteiger partial charge in [0.05, 0.1) is 6.04 Å². The lowest BCUT2D eigenvalue weighted by atomic mass is 9.97. The smallest absolute Gasteiger partial charge is 0.165 e. The van der Waals surface area contributed by atoms with Crippen molar-refractivity contribution < 1.29 is 4.79 Å². The minimum absolute atomic E-state index is 0.118. The molecule has 0 saturated carbocycles. The Labute approximate surface area is 166 Å². The minimum Gasteiger partial charge on any atom is -0.378 e. The number of rotatable bonds is 7. The normalized spacial score (nSPS) is 11.8. The molecule has 0 bridgehead atoms. The molecule has 138 valence electrons. The molecule has 0 aliphatic heterocycles. The van der Waals surface area contributed by atoms with Crippen LogP contribution in [-0.2, 0) is 6.42 Å². The molecule has 27 heavy (non-hydrogen) atoms. The zero-order chi connectivity index (χ0) is 19.2. The number of carbonyl (C=O) groups excluding carboxylic acids is 1. The first-order valence-corrected chi connectivity index (χ1v) is 9.63. The standard InChI is InChI=1S/C24H24ClNO/c1-3-18-6-14-22(15-7-18)26-23(19-10-12-21(25)13-11-19)16-24(27)20-8-4-17(2)5-9-20/h4-15,23,26H,3,16H2,1-2H3/t23-/m0/s1. The van der Waals surface area contributed by atoms with E-state index in [1.807, 2.05) is 55.5 Å². The van der Waals surface area contributed by atoms with E-state index in [0.29, 0.717) is 11.4 Å². The molecule has 3 aromatic rings. The molecule has 1 atom stereocenters. The fourth-order valence-electron chi connectivity index (χ4n) is 3.03. The Morgan fingerprint density at radius 3 is 2.15 bits per heavy atom. The average Bonchev–Trinajstić information content (AvgIpc) is 2.69. The SMILES string of the molecule is CCc1ccc(N[C@@H](CC(=O)c2ccc(C)cc2)c2ccc(Cl)cc2)cc1. The lowest BCUT2D eigenvalue weighted by Gasteiger charge is -2.20. The van der Waals surface area contributed by atoms with Crippen LogP contribution in [0.1, 0.15) is 46.4 Å². The summed E-state index contributed by atoms with van der Waals surface area (Å²) in [5, 5.41) is 4.20. The molecule has 3 aromatic carbocycles. The second kappa shape index (κ2) is 8.88. The first kappa shape index (κ1) is 19.2. The molecule has 0 spiro atoms. The molecule has 0 aromatic heterocycles. The lowest BCUT2D eigenvalue weighted by molar-refractivity contribution is 0.0976. The maximum Gasteiger partial charge on any atom is 0.165 e. The highest BCUT2D eigenvalue weighted by Crippen LogP contribution is 2.26. The highest BCUT2D eigenvalue weighted by Gasteiger charge is 2.17. The van der Waals surface area contributed by atoms with Crippen LogP contribution in [0, 0.1) is 6.92 Å². The number of anilines is 1. The topological polar surface area (TPSA) is 29.1 Å². The van der Waals surface area contributed by atoms with Crippen LogP contribution in [-0.4, -0.2) is 5.78 Å². The van der Waals surface area contributed by atoms with Gasteiger partial charge >= 0.3 is 0 Å². The van der Waals surface area contributed by atoms with Crippen molar-refractivity contribution in [2.45, 2.75) is 32.7 Å². The third-order valence-electron chi connectivity index (χ3n) is 4.74. The van der Waals surface area contributed by atoms with Crippen molar-refractivity contribution in [2.24, 2.45) is 0 Å². The Kier molecular flexibility index (Phi) is 6.31. The minimum atomic E-state index is -0.122. The van der Waals surface area contributed by atoms with E-state index in [9.17, 15) is 4.79 Å². The largest absolute Gasteiger partial charge is 0.378 e. The number of ketones is 1. The highest BCUT2D eigenvalue weighted by molar-refractivity contribution is 6.30. The van der Waals surface area contributed by atoms with Gasteiger partial charge in [0.25, 0.3) is 0 Å². The van der Waals surface area contributed by atoms with E-state index < -0.39 is 0 Å². The molecule has 0 fully saturated rings. The van der Waals surface area contributed by atoms with Gasteiger partial charge in [0, 0.05) is 22.7 Å². The summed E-state index contributed by atoms with van der Waals surface area (Å²) in [6.45, 7) is 4.16. The van der Waals surface area contributed by atoms with E-state index in [0.717, 1.165) is 28.8 Å². The van der Waals surface area contributed by atoms with Gasteiger partial charge in [-0.15, -0.1) is 0 Å². The van der Waals surface area contributed by atoms with Gasteiger partial charge in [-0.1, -0.05) is 72.6 Å². The van der Waals surface area contributed by atoms with Crippen molar-refractivity contribution in [1.82, 2.24) is 0 Å². The number of hydrogen-bond donors (Lipinski definition) is 1. The van der Waals surface area contributed by atoms with Gasteiger partial charge in [-0.25, -0.2) is 0 Å². The summed E-state index contributed by atoms with van der Waals surface area (Å²) in [6.07, 6.45) is 1.38. The first-order chi connectivity index (χ1) is 13.0. The Morgan fingerprint density at radius 1 is 0.926 bits per heavy atom. The summed E-state index contributed by atoms with van der Waals surface area (Å²) >= 11 is 6.04. The quantitative estimate of drug-likeness (QED) is 0.468. The van der Waals surface area contributed by atoms with E-state index in [1.165, 1.54) is 5.56 Å². The van der Waals surface area contributed by atoms with E-state index >= 15 is 0 Å². The van der Waals surface area contributed by atoms with Gasteiger partial charge in [-0.05, 0) is 48.7 Å². The second-order valence-electron chi connectivity index (χ2n) is 6.79. The molecule has 3 rings (SSSR count). The molecule has 2 nitrogen and oxygen atoms in total. The number of nitrogens with one attached hydrogen (secondary N) is 1. The molecule has 1 N–H and O–H groups in total. The number of benzene rings is 3. The highest BCUT2D eigenvalue weighted by atomic mass is 35.5. The molecule has 0 aliphatic carbocycles. The van der Waals surface area contributed by atoms with Crippen LogP contribution in [0.25, 0.3) is 0 Å². The van der Waals surface area contributed by atoms with Crippen molar-refractivity contribution in [2.75, 3.05) is 5.32 Å². The van der Waals surface area contributed by atoms with Crippen LogP contribution in [0.2, 0.25) is 5.02 Å². The van der Waals surface area contributed by atoms with Gasteiger partial charge in [-0.2, -0.15) is 0 Å². The third-order valence-corrected chi connectivity index (χ3v) is 4.99. The third kappa shape index (κ3) is 5.21. The van der Waals surface area contributed by atoms with Crippen LogP contribution in [0.5, 0.6) is 0 Å². The summed E-state index contributed by atoms with van der Waals surface area (Å²) in [5.41, 5.74) is 5.22. The number of Topliss-reactive ketones (excluding diaryl/α,β-unsaturated/α-hetero) is 1. The maximum atomic E-state index is 12.8. The molecule has 0 amide bonds. The van der Waals surface area contributed by atoms with Gasteiger partial charge in [0.1, 0.15) is 0 Å². The first-order valence-electron chi connectivity index (χ1n) is 9.26. The molecule has 0 aliphatic rings. The van der Waals surface area contributed by atoms with Crippen molar-refractivity contribution in [3.8, 4) is 0 Å². The van der Waals surface area contributed by atoms with Crippen LogP contribution < -0.4 is 5.32 Å². The second-order valence-corrected chi connectivity index (χ2v) is 7.23. The maximum absolute atomic E-state index is 12.8. The van der Waals surface area contributed by atoms with E-state index in [1.54, 1.807) is 0 Å². The molecule has 0 radical (unpaired) electrons. The van der Waals surface area contributed by atoms with Crippen molar-refractivity contribution >= 4 is 23.1 Å². The summed E-state index contributed by atoms with van der Waals surface area (Å²) < 4.78 is 0. The molecule has 0 saturated heterocycles. The van der Waals surface area contributed by atoms with Gasteiger partial charge in [-0.3, -0.25) is 4.79 Å². The summed E-state index contributed by atoms with van der Waals surface area (Å²) in [7, 11) is 0. The van der Waals surface area contributed by atoms with Crippen LogP contribution >= 0.6 is 11.6 Å². The molecular formula is C24H24ClNO. The van der Waals surface area contributed by atoms with Gasteiger partial charge in [0.2, 0.25) is 0 Å². The zero-order valence-corrected chi connectivity index (χ0v) is 16.5. The van der Waals surface area contributed by atoms with Crippen LogP contribution in [0.4, 0.5) is 5.69 Å². The molecule has 0 heterocycles. The fourth-order valence-corrected chi connectivity index (χ4v) is 3.15. The van der Waals surface area contributed by atoms with E-state index in [-0.39, 0.29) is 11.8 Å². The number of aryl methyl sites for hydroxylation is 2. The summed E-state index contributed by atoms with van der Waals surface area (Å²) in [6, 6.07) is 23.7. The zero-order valence-electron chi connectivity index (χ0n) is 15.7. The number of hydrogen-bond acceptors (Lipinski definition) is 2. The predicted molar refractivity (Wildman–Crippen MR) is 114 cm³/mol. The fraction of sp³-hybridized carbons (Fsp3) is 0.208. The Morgan fingerprint density at radius 2 is 1.56 bits per heavy atom. The molecule has 0 unspecified atom stereocenters. The number of carbonyl (C=O) groups is 1. The Hall–Kier alpha value is -2.58. The summed E-state index contributed by atoms with van der Waals surface area (Å²) in [4.78, 5) is 12.8. The summed E-state index contributed by atoms with van der Waals surface area (Å²) in [5.74, 6) is 0.118. The number of halogens is 1. The lowest BCUT2D eigenvalue weighted by Crippen LogP contribution is -2.16. The van der Waals surface area contributed by atoms with E-state index in [4.69, 9.17) is 11.6 Å². The van der Waals surface area contributed by atoms with Crippen LogP contribution in [0.3, 0.4) is 0 Å². The van der Waals surface area contributed by atoms with Crippen molar-refractivity contribution in [3.05, 3.63) is 100 Å². The molecular weight excluding hydrogens is 354 g/mol. The average molecular weight is 378 g/mol. The van der Waals surface area contributed by atoms with E-state index in [2.05, 4.69) is 36.5 Å². The Bertz CT molecular complexity index is 883. The van der Waals surface area contributed by atoms with Crippen LogP contribution in [0.15, 0.2) is 72.8 Å². The Balaban J connectivity index is 1.83. The van der Waals surface area contributed by atoms with Crippen molar-refractivity contribution in [3.63, 3.8) is 0 Å². The van der Waals surface area contributed by atoms with Crippen molar-refractivity contribution in [1.29, 1.82) is 0 Å². The van der Waals surface area contributed by atoms with Gasteiger partial charge < -0.3 is 5.32 Å². The molecule has 3 heteroatoms.